The predicted octanol–water partition coefficient (Wildman–Crippen LogP) is 1.57. The Morgan fingerprint density at radius 3 is 2.67 bits per heavy atom. The van der Waals surface area contributed by atoms with Crippen LogP contribution in [0, 0.1) is 17.8 Å². The molecule has 0 aliphatic heterocycles. The van der Waals surface area contributed by atoms with Crippen LogP contribution in [-0.2, 0) is 11.3 Å². The number of nitrogens with two attached hydrogens (primary N) is 1. The summed E-state index contributed by atoms with van der Waals surface area (Å²) in [6, 6.07) is 2.22. The SMILES string of the molecule is Cl.NC1C2CCCC1CC(C(=O)NCCn1cccn1)C2. The molecule has 1 heterocycles. The van der Waals surface area contributed by atoms with Crippen molar-refractivity contribution in [2.75, 3.05) is 6.54 Å². The van der Waals surface area contributed by atoms with Gasteiger partial charge < -0.3 is 11.1 Å². The maximum atomic E-state index is 12.3. The van der Waals surface area contributed by atoms with Gasteiger partial charge >= 0.3 is 0 Å². The van der Waals surface area contributed by atoms with E-state index < -0.39 is 0 Å². The normalized spacial score (nSPS) is 31.3. The molecule has 3 N–H and O–H groups in total. The summed E-state index contributed by atoms with van der Waals surface area (Å²) < 4.78 is 1.84. The van der Waals surface area contributed by atoms with Gasteiger partial charge in [0.15, 0.2) is 0 Å². The van der Waals surface area contributed by atoms with Crippen LogP contribution in [0.5, 0.6) is 0 Å². The highest BCUT2D eigenvalue weighted by molar-refractivity contribution is 5.85. The molecular formula is C15H25ClN4O. The molecule has 2 saturated carbocycles. The van der Waals surface area contributed by atoms with Crippen LogP contribution in [0.3, 0.4) is 0 Å². The van der Waals surface area contributed by atoms with Gasteiger partial charge in [-0.15, -0.1) is 12.4 Å². The molecule has 0 aromatic carbocycles. The molecule has 21 heavy (non-hydrogen) atoms. The van der Waals surface area contributed by atoms with E-state index in [0.29, 0.717) is 24.4 Å². The standard InChI is InChI=1S/C15H24N4O.ClH/c16-14-11-3-1-4-12(14)10-13(9-11)15(20)17-6-8-19-7-2-5-18-19;/h2,5,7,11-14H,1,3-4,6,8-10,16H2,(H,17,20);1H. The number of aromatic nitrogens is 2. The molecule has 2 fully saturated rings. The van der Waals surface area contributed by atoms with Crippen molar-refractivity contribution in [1.29, 1.82) is 0 Å². The van der Waals surface area contributed by atoms with Gasteiger partial charge in [0.25, 0.3) is 0 Å². The first-order valence-electron chi connectivity index (χ1n) is 7.75. The van der Waals surface area contributed by atoms with Crippen molar-refractivity contribution in [3.63, 3.8) is 0 Å². The molecule has 1 amide bonds. The Morgan fingerprint density at radius 1 is 1.33 bits per heavy atom. The molecule has 3 rings (SSSR count). The Labute approximate surface area is 132 Å². The van der Waals surface area contributed by atoms with E-state index in [4.69, 9.17) is 5.73 Å². The summed E-state index contributed by atoms with van der Waals surface area (Å²) in [6.45, 7) is 1.39. The average Bonchev–Trinajstić information content (AvgIpc) is 2.91. The summed E-state index contributed by atoms with van der Waals surface area (Å²) in [7, 11) is 0. The molecule has 0 radical (unpaired) electrons. The van der Waals surface area contributed by atoms with Crippen LogP contribution in [0.1, 0.15) is 32.1 Å². The number of nitrogens with one attached hydrogen (secondary N) is 1. The molecule has 118 valence electrons. The van der Waals surface area contributed by atoms with Crippen molar-refractivity contribution in [2.24, 2.45) is 23.5 Å². The van der Waals surface area contributed by atoms with Gasteiger partial charge in [-0.2, -0.15) is 5.10 Å². The van der Waals surface area contributed by atoms with Crippen LogP contribution in [0.2, 0.25) is 0 Å². The minimum atomic E-state index is 0. The van der Waals surface area contributed by atoms with Gasteiger partial charge in [0.1, 0.15) is 0 Å². The molecular weight excluding hydrogens is 288 g/mol. The molecule has 2 aliphatic carbocycles. The van der Waals surface area contributed by atoms with Gasteiger partial charge in [0, 0.05) is 30.9 Å². The molecule has 0 spiro atoms. The molecule has 2 aliphatic rings. The number of hydrogen-bond donors (Lipinski definition) is 2. The number of hydrogen-bond acceptors (Lipinski definition) is 3. The first-order valence-corrected chi connectivity index (χ1v) is 7.75. The summed E-state index contributed by atoms with van der Waals surface area (Å²) in [5.41, 5.74) is 6.27. The second-order valence-electron chi connectivity index (χ2n) is 6.26. The number of fused-ring (bicyclic) bond motifs is 2. The fraction of sp³-hybridized carbons (Fsp3) is 0.733. The average molecular weight is 313 g/mol. The topological polar surface area (TPSA) is 72.9 Å². The van der Waals surface area contributed by atoms with E-state index in [1.54, 1.807) is 6.20 Å². The van der Waals surface area contributed by atoms with Crippen LogP contribution < -0.4 is 11.1 Å². The van der Waals surface area contributed by atoms with E-state index in [0.717, 1.165) is 19.4 Å². The van der Waals surface area contributed by atoms with Crippen LogP contribution >= 0.6 is 12.4 Å². The van der Waals surface area contributed by atoms with E-state index in [1.165, 1.54) is 19.3 Å². The first kappa shape index (κ1) is 16.3. The number of amides is 1. The maximum Gasteiger partial charge on any atom is 0.223 e. The minimum absolute atomic E-state index is 0. The minimum Gasteiger partial charge on any atom is -0.354 e. The third-order valence-electron chi connectivity index (χ3n) is 4.98. The summed E-state index contributed by atoms with van der Waals surface area (Å²) in [4.78, 5) is 12.3. The molecule has 1 aromatic rings. The second kappa shape index (κ2) is 7.27. The van der Waals surface area contributed by atoms with E-state index in [1.807, 2.05) is 16.9 Å². The fourth-order valence-electron chi connectivity index (χ4n) is 3.87. The lowest BCUT2D eigenvalue weighted by Gasteiger charge is -2.43. The zero-order valence-electron chi connectivity index (χ0n) is 12.3. The molecule has 5 nitrogen and oxygen atoms in total. The second-order valence-corrected chi connectivity index (χ2v) is 6.26. The predicted molar refractivity (Wildman–Crippen MR) is 84.0 cm³/mol. The number of nitrogens with zero attached hydrogens (tertiary/aromatic N) is 2. The van der Waals surface area contributed by atoms with Crippen LogP contribution in [0.25, 0.3) is 0 Å². The van der Waals surface area contributed by atoms with Crippen molar-refractivity contribution >= 4 is 18.3 Å². The molecule has 1 aromatic heterocycles. The van der Waals surface area contributed by atoms with Crippen molar-refractivity contribution in [1.82, 2.24) is 15.1 Å². The Balaban J connectivity index is 0.00000161. The molecule has 2 atom stereocenters. The smallest absolute Gasteiger partial charge is 0.223 e. The van der Waals surface area contributed by atoms with Crippen molar-refractivity contribution in [3.8, 4) is 0 Å². The zero-order valence-corrected chi connectivity index (χ0v) is 13.1. The van der Waals surface area contributed by atoms with E-state index >= 15 is 0 Å². The van der Waals surface area contributed by atoms with Crippen molar-refractivity contribution in [2.45, 2.75) is 44.7 Å². The van der Waals surface area contributed by atoms with Gasteiger partial charge in [-0.05, 0) is 43.6 Å². The molecule has 6 heteroatoms. The van der Waals surface area contributed by atoms with Gasteiger partial charge in [0.05, 0.1) is 6.54 Å². The first-order chi connectivity index (χ1) is 9.74. The van der Waals surface area contributed by atoms with Crippen LogP contribution in [-0.4, -0.2) is 28.3 Å². The number of rotatable bonds is 4. The Kier molecular flexibility index (Phi) is 5.65. The third-order valence-corrected chi connectivity index (χ3v) is 4.98. The van der Waals surface area contributed by atoms with Crippen LogP contribution in [0.4, 0.5) is 0 Å². The highest BCUT2D eigenvalue weighted by Gasteiger charge is 2.40. The van der Waals surface area contributed by atoms with Crippen molar-refractivity contribution < 1.29 is 4.79 Å². The highest BCUT2D eigenvalue weighted by Crippen LogP contribution is 2.41. The lowest BCUT2D eigenvalue weighted by atomic mass is 9.65. The Morgan fingerprint density at radius 2 is 2.05 bits per heavy atom. The molecule has 0 saturated heterocycles. The summed E-state index contributed by atoms with van der Waals surface area (Å²) >= 11 is 0. The maximum absolute atomic E-state index is 12.3. The zero-order chi connectivity index (χ0) is 13.9. The van der Waals surface area contributed by atoms with Gasteiger partial charge in [-0.25, -0.2) is 0 Å². The largest absolute Gasteiger partial charge is 0.354 e. The lowest BCUT2D eigenvalue weighted by molar-refractivity contribution is -0.127. The fourth-order valence-corrected chi connectivity index (χ4v) is 3.87. The summed E-state index contributed by atoms with van der Waals surface area (Å²) in [5, 5.41) is 7.19. The monoisotopic (exact) mass is 312 g/mol. The molecule has 2 unspecified atom stereocenters. The van der Waals surface area contributed by atoms with Crippen LogP contribution in [0.15, 0.2) is 18.5 Å². The summed E-state index contributed by atoms with van der Waals surface area (Å²) in [6.07, 6.45) is 9.32. The number of carbonyl (C=O) groups is 1. The van der Waals surface area contributed by atoms with E-state index in [9.17, 15) is 4.79 Å². The highest BCUT2D eigenvalue weighted by atomic mass is 35.5. The summed E-state index contributed by atoms with van der Waals surface area (Å²) in [5.74, 6) is 1.50. The molecule has 2 bridgehead atoms. The Hall–Kier alpha value is -1.07. The van der Waals surface area contributed by atoms with Gasteiger partial charge in [-0.3, -0.25) is 9.48 Å². The lowest BCUT2D eigenvalue weighted by Crippen LogP contribution is -2.49. The van der Waals surface area contributed by atoms with Crippen molar-refractivity contribution in [3.05, 3.63) is 18.5 Å². The quantitative estimate of drug-likeness (QED) is 0.886. The van der Waals surface area contributed by atoms with E-state index in [-0.39, 0.29) is 24.2 Å². The van der Waals surface area contributed by atoms with E-state index in [2.05, 4.69) is 10.4 Å². The number of halogens is 1. The third kappa shape index (κ3) is 3.77. The Bertz CT molecular complexity index is 437. The number of carbonyl (C=O) groups excluding carboxylic acids is 1. The van der Waals surface area contributed by atoms with Gasteiger partial charge in [0.2, 0.25) is 5.91 Å². The van der Waals surface area contributed by atoms with Gasteiger partial charge in [-0.1, -0.05) is 6.42 Å².